The van der Waals surface area contributed by atoms with Gasteiger partial charge in [-0.2, -0.15) is 4.98 Å². The number of hydrogen-bond acceptors (Lipinski definition) is 5. The minimum Gasteiger partial charge on any atom is -0.352 e. The number of nitrogens with zero attached hydrogens (tertiary/aromatic N) is 3. The molecule has 1 aromatic carbocycles. The molecule has 2 heterocycles. The van der Waals surface area contributed by atoms with E-state index in [9.17, 15) is 4.39 Å². The fraction of sp³-hybridized carbons (Fsp3) is 0.211. The average Bonchev–Trinajstić information content (AvgIpc) is 2.65. The van der Waals surface area contributed by atoms with Gasteiger partial charge in [-0.15, -0.1) is 0 Å². The molecule has 2 N–H and O–H groups in total. The van der Waals surface area contributed by atoms with Gasteiger partial charge in [0.05, 0.1) is 22.1 Å². The molecule has 0 aliphatic heterocycles. The third-order valence-corrected chi connectivity index (χ3v) is 4.17. The van der Waals surface area contributed by atoms with Gasteiger partial charge in [-0.3, -0.25) is 4.98 Å². The van der Waals surface area contributed by atoms with Gasteiger partial charge in [-0.05, 0) is 37.6 Å². The van der Waals surface area contributed by atoms with Crippen LogP contribution in [0, 0.1) is 5.82 Å². The molecule has 0 spiro atoms. The molecule has 0 aliphatic rings. The summed E-state index contributed by atoms with van der Waals surface area (Å²) in [6, 6.07) is 12.0. The van der Waals surface area contributed by atoms with Crippen LogP contribution in [0.1, 0.15) is 20.3 Å². The number of nitrogens with one attached hydrogen (secondary N) is 2. The van der Waals surface area contributed by atoms with Crippen LogP contribution in [0.3, 0.4) is 0 Å². The van der Waals surface area contributed by atoms with E-state index in [2.05, 4.69) is 32.5 Å². The number of aromatic nitrogens is 3. The number of pyridine rings is 1. The van der Waals surface area contributed by atoms with E-state index >= 15 is 0 Å². The Hall–Kier alpha value is -2.73. The molecule has 0 saturated heterocycles. The van der Waals surface area contributed by atoms with E-state index in [1.807, 2.05) is 25.1 Å². The van der Waals surface area contributed by atoms with Crippen LogP contribution in [0.4, 0.5) is 21.8 Å². The minimum absolute atomic E-state index is 0.175. The summed E-state index contributed by atoms with van der Waals surface area (Å²) in [5, 5.41) is 6.47. The van der Waals surface area contributed by atoms with E-state index in [1.165, 1.54) is 6.07 Å². The van der Waals surface area contributed by atoms with Crippen molar-refractivity contribution in [3.05, 3.63) is 59.5 Å². The standard InChI is InChI=1S/C19H19ClFN5/c1-3-12(2)23-19-24-16(15-9-4-5-10-22-15)11-17(26-19)25-18-13(20)7-6-8-14(18)21/h4-12H,3H2,1-2H3,(H2,23,24,25,26)/t12-/m0/s1. The molecular weight excluding hydrogens is 353 g/mol. The maximum atomic E-state index is 14.1. The molecule has 0 unspecified atom stereocenters. The Kier molecular flexibility index (Phi) is 5.63. The van der Waals surface area contributed by atoms with Crippen molar-refractivity contribution >= 4 is 29.1 Å². The molecule has 0 saturated carbocycles. The highest BCUT2D eigenvalue weighted by molar-refractivity contribution is 6.33. The quantitative estimate of drug-likeness (QED) is 0.616. The lowest BCUT2D eigenvalue weighted by Crippen LogP contribution is -2.16. The van der Waals surface area contributed by atoms with Gasteiger partial charge in [0.1, 0.15) is 11.6 Å². The molecule has 3 aromatic rings. The number of benzene rings is 1. The Morgan fingerprint density at radius 3 is 2.65 bits per heavy atom. The van der Waals surface area contributed by atoms with Gasteiger partial charge in [-0.25, -0.2) is 9.37 Å². The second-order valence-electron chi connectivity index (χ2n) is 5.85. The molecule has 5 nitrogen and oxygen atoms in total. The zero-order chi connectivity index (χ0) is 18.5. The first-order chi connectivity index (χ1) is 12.6. The Morgan fingerprint density at radius 2 is 1.96 bits per heavy atom. The van der Waals surface area contributed by atoms with Crippen LogP contribution in [0.15, 0.2) is 48.7 Å². The second-order valence-corrected chi connectivity index (χ2v) is 6.26. The van der Waals surface area contributed by atoms with E-state index in [-0.39, 0.29) is 16.8 Å². The van der Waals surface area contributed by atoms with Crippen molar-refractivity contribution in [3.63, 3.8) is 0 Å². The van der Waals surface area contributed by atoms with Gasteiger partial charge in [0.2, 0.25) is 5.95 Å². The van der Waals surface area contributed by atoms with Crippen LogP contribution in [-0.4, -0.2) is 21.0 Å². The first kappa shape index (κ1) is 18.1. The third kappa shape index (κ3) is 4.26. The topological polar surface area (TPSA) is 62.7 Å². The number of hydrogen-bond donors (Lipinski definition) is 2. The Labute approximate surface area is 156 Å². The van der Waals surface area contributed by atoms with Crippen LogP contribution in [0.5, 0.6) is 0 Å². The highest BCUT2D eigenvalue weighted by Crippen LogP contribution is 2.29. The SMILES string of the molecule is CC[C@H](C)Nc1nc(Nc2c(F)cccc2Cl)cc(-c2ccccn2)n1. The lowest BCUT2D eigenvalue weighted by Gasteiger charge is -2.15. The summed E-state index contributed by atoms with van der Waals surface area (Å²) in [7, 11) is 0. The van der Waals surface area contributed by atoms with Crippen molar-refractivity contribution in [1.29, 1.82) is 0 Å². The van der Waals surface area contributed by atoms with Crippen molar-refractivity contribution in [3.8, 4) is 11.4 Å². The summed E-state index contributed by atoms with van der Waals surface area (Å²) >= 11 is 6.11. The third-order valence-electron chi connectivity index (χ3n) is 3.86. The molecule has 26 heavy (non-hydrogen) atoms. The van der Waals surface area contributed by atoms with E-state index in [4.69, 9.17) is 11.6 Å². The van der Waals surface area contributed by atoms with Gasteiger partial charge in [0.15, 0.2) is 0 Å². The van der Waals surface area contributed by atoms with Crippen LogP contribution in [0.2, 0.25) is 5.02 Å². The number of rotatable bonds is 6. The molecule has 0 amide bonds. The first-order valence-electron chi connectivity index (χ1n) is 8.35. The molecule has 0 aliphatic carbocycles. The maximum Gasteiger partial charge on any atom is 0.225 e. The molecule has 0 radical (unpaired) electrons. The van der Waals surface area contributed by atoms with Crippen molar-refractivity contribution < 1.29 is 4.39 Å². The summed E-state index contributed by atoms with van der Waals surface area (Å²) in [5.41, 5.74) is 1.50. The molecule has 2 aromatic heterocycles. The lowest BCUT2D eigenvalue weighted by molar-refractivity contribution is 0.632. The van der Waals surface area contributed by atoms with E-state index in [0.717, 1.165) is 6.42 Å². The summed E-state index contributed by atoms with van der Waals surface area (Å²) in [4.78, 5) is 13.3. The minimum atomic E-state index is -0.452. The van der Waals surface area contributed by atoms with Gasteiger partial charge in [0, 0.05) is 18.3 Å². The van der Waals surface area contributed by atoms with Gasteiger partial charge < -0.3 is 10.6 Å². The fourth-order valence-corrected chi connectivity index (χ4v) is 2.50. The zero-order valence-electron chi connectivity index (χ0n) is 14.5. The average molecular weight is 372 g/mol. The molecule has 134 valence electrons. The van der Waals surface area contributed by atoms with Crippen molar-refractivity contribution in [2.24, 2.45) is 0 Å². The van der Waals surface area contributed by atoms with Crippen molar-refractivity contribution in [2.75, 3.05) is 10.6 Å². The van der Waals surface area contributed by atoms with Gasteiger partial charge in [-0.1, -0.05) is 30.7 Å². The van der Waals surface area contributed by atoms with Gasteiger partial charge in [0.25, 0.3) is 0 Å². The smallest absolute Gasteiger partial charge is 0.225 e. The predicted octanol–water partition coefficient (Wildman–Crippen LogP) is 5.29. The highest BCUT2D eigenvalue weighted by Gasteiger charge is 2.12. The highest BCUT2D eigenvalue weighted by atomic mass is 35.5. The summed E-state index contributed by atoms with van der Waals surface area (Å²) < 4.78 is 14.1. The number of para-hydroxylation sites is 1. The lowest BCUT2D eigenvalue weighted by atomic mass is 10.2. The van der Waals surface area contributed by atoms with Crippen LogP contribution >= 0.6 is 11.6 Å². The normalized spacial score (nSPS) is 11.8. The van der Waals surface area contributed by atoms with E-state index in [1.54, 1.807) is 24.4 Å². The largest absolute Gasteiger partial charge is 0.352 e. The van der Waals surface area contributed by atoms with Crippen LogP contribution < -0.4 is 10.6 Å². The predicted molar refractivity (Wildman–Crippen MR) is 103 cm³/mol. The Bertz CT molecular complexity index is 868. The molecule has 7 heteroatoms. The summed E-state index contributed by atoms with van der Waals surface area (Å²) in [6.45, 7) is 4.11. The molecule has 0 bridgehead atoms. The van der Waals surface area contributed by atoms with Crippen molar-refractivity contribution in [2.45, 2.75) is 26.3 Å². The fourth-order valence-electron chi connectivity index (χ4n) is 2.29. The van der Waals surface area contributed by atoms with Gasteiger partial charge >= 0.3 is 0 Å². The summed E-state index contributed by atoms with van der Waals surface area (Å²) in [5.74, 6) is 0.419. The maximum absolute atomic E-state index is 14.1. The van der Waals surface area contributed by atoms with Crippen LogP contribution in [-0.2, 0) is 0 Å². The Balaban J connectivity index is 2.02. The molecular formula is C19H19ClFN5. The molecule has 3 rings (SSSR count). The summed E-state index contributed by atoms with van der Waals surface area (Å²) in [6.07, 6.45) is 2.61. The zero-order valence-corrected chi connectivity index (χ0v) is 15.3. The first-order valence-corrected chi connectivity index (χ1v) is 8.72. The Morgan fingerprint density at radius 1 is 1.12 bits per heavy atom. The number of anilines is 3. The molecule has 1 atom stereocenters. The molecule has 0 fully saturated rings. The second kappa shape index (κ2) is 8.10. The number of halogens is 2. The van der Waals surface area contributed by atoms with E-state index in [0.29, 0.717) is 23.2 Å². The van der Waals surface area contributed by atoms with Crippen molar-refractivity contribution in [1.82, 2.24) is 15.0 Å². The van der Waals surface area contributed by atoms with E-state index < -0.39 is 5.82 Å². The van der Waals surface area contributed by atoms with Crippen LogP contribution in [0.25, 0.3) is 11.4 Å². The monoisotopic (exact) mass is 371 g/mol.